The third kappa shape index (κ3) is 3.80. The van der Waals surface area contributed by atoms with Crippen molar-refractivity contribution in [2.24, 2.45) is 40.4 Å². The number of methoxy groups -OCH3 is 1. The number of hydrogen-bond acceptors (Lipinski definition) is 5. The molecule has 0 amide bonds. The van der Waals surface area contributed by atoms with E-state index < -0.39 is 17.2 Å². The molecule has 0 spiro atoms. The lowest BCUT2D eigenvalue weighted by Crippen LogP contribution is -2.58. The van der Waals surface area contributed by atoms with E-state index in [2.05, 4.69) is 17.2 Å². The van der Waals surface area contributed by atoms with Gasteiger partial charge in [-0.1, -0.05) is 12.1 Å². The van der Waals surface area contributed by atoms with Crippen LogP contribution in [0.5, 0.6) is 0 Å². The van der Waals surface area contributed by atoms with Crippen LogP contribution >= 0.6 is 0 Å². The van der Waals surface area contributed by atoms with Crippen molar-refractivity contribution in [3.63, 3.8) is 0 Å². The van der Waals surface area contributed by atoms with Crippen molar-refractivity contribution < 1.29 is 23.4 Å². The molecule has 202 valence electrons. The maximum atomic E-state index is 14.5. The lowest BCUT2D eigenvalue weighted by atomic mass is 9.43. The summed E-state index contributed by atoms with van der Waals surface area (Å²) in [7, 11) is 1.81. The molecule has 0 bridgehead atoms. The van der Waals surface area contributed by atoms with Gasteiger partial charge in [0, 0.05) is 13.0 Å². The zero-order valence-electron chi connectivity index (χ0n) is 22.2. The van der Waals surface area contributed by atoms with Crippen molar-refractivity contribution in [1.82, 2.24) is 15.0 Å². The van der Waals surface area contributed by atoms with Crippen LogP contribution in [0.2, 0.25) is 0 Å². The summed E-state index contributed by atoms with van der Waals surface area (Å²) >= 11 is 0. The van der Waals surface area contributed by atoms with E-state index in [-0.39, 0.29) is 40.1 Å². The highest BCUT2D eigenvalue weighted by Crippen LogP contribution is 2.68. The van der Waals surface area contributed by atoms with Crippen LogP contribution in [-0.2, 0) is 16.1 Å². The molecule has 6 nitrogen and oxygen atoms in total. The van der Waals surface area contributed by atoms with E-state index in [1.807, 2.05) is 14.0 Å². The number of nitrogens with zero attached hydrogens (tertiary/aromatic N) is 3. The third-order valence-electron chi connectivity index (χ3n) is 11.3. The second-order valence-electron chi connectivity index (χ2n) is 13.1. The number of hydrogen-bond donors (Lipinski definition) is 1. The highest BCUT2D eigenvalue weighted by atomic mass is 19.2. The summed E-state index contributed by atoms with van der Waals surface area (Å²) in [5, 5.41) is 18.8. The zero-order chi connectivity index (χ0) is 26.2. The third-order valence-corrected chi connectivity index (χ3v) is 11.3. The Kier molecular flexibility index (Phi) is 6.03. The first-order valence-electron chi connectivity index (χ1n) is 14.0. The number of benzene rings is 1. The summed E-state index contributed by atoms with van der Waals surface area (Å²) < 4.78 is 35.5. The van der Waals surface area contributed by atoms with Crippen LogP contribution in [0.1, 0.15) is 71.6 Å². The monoisotopic (exact) mass is 515 g/mol. The summed E-state index contributed by atoms with van der Waals surface area (Å²) in [4.78, 5) is 13.7. The van der Waals surface area contributed by atoms with Crippen LogP contribution in [0, 0.1) is 52.1 Å². The Labute approximate surface area is 217 Å². The molecule has 6 rings (SSSR count). The fourth-order valence-electron chi connectivity index (χ4n) is 9.68. The van der Waals surface area contributed by atoms with Crippen molar-refractivity contribution in [2.45, 2.75) is 83.8 Å². The predicted molar refractivity (Wildman–Crippen MR) is 134 cm³/mol. The Morgan fingerprint density at radius 1 is 1.11 bits per heavy atom. The smallest absolute Gasteiger partial charge is 0.186 e. The molecule has 4 fully saturated rings. The summed E-state index contributed by atoms with van der Waals surface area (Å²) in [5.74, 6) is 0.0498. The molecule has 0 saturated heterocycles. The Bertz CT molecular complexity index is 1210. The number of Topliss-reactive ketones (excluding diaryl/α,β-unsaturated/α-hetero) is 1. The second-order valence-corrected chi connectivity index (χ2v) is 13.1. The van der Waals surface area contributed by atoms with Crippen molar-refractivity contribution in [1.29, 1.82) is 0 Å². The predicted octanol–water partition coefficient (Wildman–Crippen LogP) is 5.32. The average Bonchev–Trinajstić information content (AvgIpc) is 3.42. The van der Waals surface area contributed by atoms with Crippen LogP contribution in [0.4, 0.5) is 8.78 Å². The topological polar surface area (TPSA) is 77.2 Å². The molecule has 8 atom stereocenters. The summed E-state index contributed by atoms with van der Waals surface area (Å²) in [6.45, 7) is 4.95. The first-order chi connectivity index (χ1) is 17.6. The van der Waals surface area contributed by atoms with E-state index in [9.17, 15) is 18.7 Å². The number of aliphatic hydroxyl groups is 1. The highest BCUT2D eigenvalue weighted by molar-refractivity contribution is 5.84. The number of carbonyl (C=O) groups excluding carboxylic acids is 1. The van der Waals surface area contributed by atoms with Crippen molar-refractivity contribution >= 4 is 16.8 Å². The molecule has 8 heteroatoms. The van der Waals surface area contributed by atoms with Crippen molar-refractivity contribution in [3.05, 3.63) is 23.8 Å². The Morgan fingerprint density at radius 3 is 2.70 bits per heavy atom. The lowest BCUT2D eigenvalue weighted by Gasteiger charge is -2.62. The van der Waals surface area contributed by atoms with Gasteiger partial charge in [-0.05, 0) is 111 Å². The molecule has 0 radical (unpaired) electrons. The molecule has 4 aliphatic carbocycles. The molecule has 8 unspecified atom stereocenters. The zero-order valence-corrected chi connectivity index (χ0v) is 22.2. The van der Waals surface area contributed by atoms with Gasteiger partial charge >= 0.3 is 0 Å². The fourth-order valence-corrected chi connectivity index (χ4v) is 9.68. The van der Waals surface area contributed by atoms with E-state index in [0.29, 0.717) is 23.7 Å². The van der Waals surface area contributed by atoms with Crippen molar-refractivity contribution in [2.75, 3.05) is 13.7 Å². The maximum absolute atomic E-state index is 14.5. The summed E-state index contributed by atoms with van der Waals surface area (Å²) in [6.07, 6.45) is 8.88. The quantitative estimate of drug-likeness (QED) is 0.584. The van der Waals surface area contributed by atoms with Crippen LogP contribution in [0.3, 0.4) is 0 Å². The second kappa shape index (κ2) is 8.80. The minimum atomic E-state index is -1.00. The number of halogens is 2. The minimum Gasteiger partial charge on any atom is -0.390 e. The van der Waals surface area contributed by atoms with Crippen LogP contribution in [-0.4, -0.2) is 45.2 Å². The molecule has 4 aliphatic rings. The molecule has 37 heavy (non-hydrogen) atoms. The lowest BCUT2D eigenvalue weighted by molar-refractivity contribution is -0.175. The molecule has 1 aromatic heterocycles. The molecule has 1 heterocycles. The van der Waals surface area contributed by atoms with E-state index in [1.54, 1.807) is 0 Å². The van der Waals surface area contributed by atoms with Gasteiger partial charge in [-0.15, -0.1) is 5.10 Å². The highest BCUT2D eigenvalue weighted by Gasteiger charge is 2.63. The fraction of sp³-hybridized carbons (Fsp3) is 0.759. The maximum Gasteiger partial charge on any atom is 0.186 e. The number of rotatable bonds is 5. The first-order valence-corrected chi connectivity index (χ1v) is 14.0. The molecule has 4 saturated carbocycles. The van der Waals surface area contributed by atoms with E-state index in [4.69, 9.17) is 4.74 Å². The van der Waals surface area contributed by atoms with Gasteiger partial charge in [0.25, 0.3) is 0 Å². The Morgan fingerprint density at radius 2 is 1.92 bits per heavy atom. The summed E-state index contributed by atoms with van der Waals surface area (Å²) in [6, 6.07) is 2.44. The van der Waals surface area contributed by atoms with Crippen LogP contribution in [0.25, 0.3) is 11.0 Å². The van der Waals surface area contributed by atoms with E-state index in [0.717, 1.165) is 70.5 Å². The molecular weight excluding hydrogens is 476 g/mol. The number of fused-ring (bicyclic) bond motifs is 6. The van der Waals surface area contributed by atoms with E-state index in [1.165, 1.54) is 10.7 Å². The van der Waals surface area contributed by atoms with Crippen LogP contribution < -0.4 is 0 Å². The average molecular weight is 516 g/mol. The van der Waals surface area contributed by atoms with Gasteiger partial charge in [0.05, 0.1) is 12.2 Å². The number of ether oxygens (including phenoxy) is 1. The molecule has 1 N–H and O–H groups in total. The molecular formula is C29H39F2N3O3. The number of carbonyl (C=O) groups is 1. The number of ketones is 1. The van der Waals surface area contributed by atoms with Gasteiger partial charge in [-0.2, -0.15) is 0 Å². The summed E-state index contributed by atoms with van der Waals surface area (Å²) in [5.41, 5.74) is -0.347. The van der Waals surface area contributed by atoms with Gasteiger partial charge in [0.1, 0.15) is 17.6 Å². The Hall–Kier alpha value is -1.93. The van der Waals surface area contributed by atoms with Gasteiger partial charge < -0.3 is 9.84 Å². The largest absolute Gasteiger partial charge is 0.390 e. The van der Waals surface area contributed by atoms with Gasteiger partial charge in [0.2, 0.25) is 0 Å². The van der Waals surface area contributed by atoms with Crippen LogP contribution in [0.15, 0.2) is 12.1 Å². The molecule has 2 aromatic rings. The van der Waals surface area contributed by atoms with Gasteiger partial charge in [-0.3, -0.25) is 4.79 Å². The minimum absolute atomic E-state index is 0.0373. The standard InChI is InChI=1S/C29H39F2N3O3/c1-27(36)12-13-29(16-37-3)17(14-27)4-5-18-19-6-7-21(28(19,2)11-10-20(18)29)24(35)15-34-26-23(32-33-34)9-8-22(30)25(26)31/h8-9,17-21,36H,4-7,10-16H2,1-3H3. The van der Waals surface area contributed by atoms with Gasteiger partial charge in [-0.25, -0.2) is 13.5 Å². The molecule has 0 aliphatic heterocycles. The van der Waals surface area contributed by atoms with Crippen molar-refractivity contribution in [3.8, 4) is 0 Å². The normalized spacial score (nSPS) is 41.3. The number of aromatic nitrogens is 3. The van der Waals surface area contributed by atoms with E-state index >= 15 is 0 Å². The Balaban J connectivity index is 1.25. The SMILES string of the molecule is COCC12CCC(C)(O)CC1CCC1C3CCC(C(=O)Cn4nnc5ccc(F)c(F)c54)C3(C)CCC12. The van der Waals surface area contributed by atoms with Gasteiger partial charge in [0.15, 0.2) is 17.4 Å². The molecule has 1 aromatic carbocycles. The first kappa shape index (κ1) is 25.4.